The first-order valence-electron chi connectivity index (χ1n) is 6.58. The minimum atomic E-state index is 0.174. The summed E-state index contributed by atoms with van der Waals surface area (Å²) in [5.74, 6) is 1.83. The molecule has 0 bridgehead atoms. The molecule has 6 heteroatoms. The Bertz CT molecular complexity index is 443. The molecule has 0 aromatic carbocycles. The average Bonchev–Trinajstić information content (AvgIpc) is 3.13. The lowest BCUT2D eigenvalue weighted by Crippen LogP contribution is -2.33. The van der Waals surface area contributed by atoms with E-state index in [4.69, 9.17) is 0 Å². The van der Waals surface area contributed by atoms with Crippen molar-refractivity contribution in [3.8, 4) is 0 Å². The van der Waals surface area contributed by atoms with E-state index in [0.29, 0.717) is 5.92 Å². The van der Waals surface area contributed by atoms with Crippen LogP contribution in [-0.2, 0) is 4.79 Å². The molecule has 1 saturated carbocycles. The van der Waals surface area contributed by atoms with Gasteiger partial charge in [-0.1, -0.05) is 0 Å². The molecule has 0 N–H and O–H groups in total. The standard InChI is InChI=1S/C12H18N4OS/c1-9(17)15-5-2-6-16(8-7-15)12-13-11(14-18-12)10-3-4-10/h10H,2-8H2,1H3. The summed E-state index contributed by atoms with van der Waals surface area (Å²) in [5.41, 5.74) is 0. The molecule has 1 saturated heterocycles. The summed E-state index contributed by atoms with van der Waals surface area (Å²) >= 11 is 1.50. The maximum atomic E-state index is 11.4. The Hall–Kier alpha value is -1.17. The molecule has 1 amide bonds. The highest BCUT2D eigenvalue weighted by Crippen LogP contribution is 2.39. The van der Waals surface area contributed by atoms with E-state index in [1.807, 2.05) is 4.90 Å². The van der Waals surface area contributed by atoms with Gasteiger partial charge in [0, 0.05) is 50.6 Å². The average molecular weight is 266 g/mol. The van der Waals surface area contributed by atoms with Gasteiger partial charge in [0.05, 0.1) is 0 Å². The van der Waals surface area contributed by atoms with Crippen LogP contribution >= 0.6 is 11.5 Å². The highest BCUT2D eigenvalue weighted by molar-refractivity contribution is 7.09. The summed E-state index contributed by atoms with van der Waals surface area (Å²) in [6, 6.07) is 0. The summed E-state index contributed by atoms with van der Waals surface area (Å²) < 4.78 is 4.45. The molecule has 18 heavy (non-hydrogen) atoms. The smallest absolute Gasteiger partial charge is 0.219 e. The van der Waals surface area contributed by atoms with E-state index >= 15 is 0 Å². The second kappa shape index (κ2) is 4.84. The van der Waals surface area contributed by atoms with Gasteiger partial charge in [-0.25, -0.2) is 4.98 Å². The zero-order valence-corrected chi connectivity index (χ0v) is 11.4. The van der Waals surface area contributed by atoms with Gasteiger partial charge in [-0.2, -0.15) is 4.37 Å². The van der Waals surface area contributed by atoms with E-state index < -0.39 is 0 Å². The molecule has 1 aliphatic carbocycles. The fourth-order valence-corrected chi connectivity index (χ4v) is 3.08. The predicted octanol–water partition coefficient (Wildman–Crippen LogP) is 1.47. The Kier molecular flexibility index (Phi) is 3.20. The van der Waals surface area contributed by atoms with Crippen molar-refractivity contribution in [3.63, 3.8) is 0 Å². The van der Waals surface area contributed by atoms with Crippen molar-refractivity contribution >= 4 is 22.6 Å². The molecule has 2 aliphatic rings. The molecular formula is C12H18N4OS. The van der Waals surface area contributed by atoms with Crippen LogP contribution in [0.2, 0.25) is 0 Å². The minimum Gasteiger partial charge on any atom is -0.345 e. The van der Waals surface area contributed by atoms with Gasteiger partial charge < -0.3 is 9.80 Å². The molecule has 0 radical (unpaired) electrons. The zero-order valence-electron chi connectivity index (χ0n) is 10.6. The van der Waals surface area contributed by atoms with Gasteiger partial charge in [0.25, 0.3) is 0 Å². The highest BCUT2D eigenvalue weighted by Gasteiger charge is 2.29. The molecule has 2 fully saturated rings. The van der Waals surface area contributed by atoms with Crippen molar-refractivity contribution in [1.29, 1.82) is 0 Å². The zero-order chi connectivity index (χ0) is 12.5. The van der Waals surface area contributed by atoms with Crippen LogP contribution in [0.1, 0.15) is 37.9 Å². The van der Waals surface area contributed by atoms with Crippen LogP contribution in [-0.4, -0.2) is 46.3 Å². The summed E-state index contributed by atoms with van der Waals surface area (Å²) in [6.45, 7) is 5.15. The van der Waals surface area contributed by atoms with Crippen molar-refractivity contribution in [2.24, 2.45) is 0 Å². The van der Waals surface area contributed by atoms with Gasteiger partial charge in [0.1, 0.15) is 5.82 Å². The van der Waals surface area contributed by atoms with Crippen LogP contribution in [0.3, 0.4) is 0 Å². The molecule has 98 valence electrons. The predicted molar refractivity (Wildman–Crippen MR) is 71.0 cm³/mol. The van der Waals surface area contributed by atoms with E-state index in [1.165, 1.54) is 24.4 Å². The molecule has 0 unspecified atom stereocenters. The van der Waals surface area contributed by atoms with E-state index in [9.17, 15) is 4.79 Å². The maximum absolute atomic E-state index is 11.4. The van der Waals surface area contributed by atoms with E-state index in [-0.39, 0.29) is 5.91 Å². The molecule has 0 spiro atoms. The minimum absolute atomic E-state index is 0.174. The SMILES string of the molecule is CC(=O)N1CCCN(c2nc(C3CC3)ns2)CC1. The van der Waals surface area contributed by atoms with Crippen LogP contribution in [0, 0.1) is 0 Å². The quantitative estimate of drug-likeness (QED) is 0.813. The first-order chi connectivity index (χ1) is 8.74. The molecule has 2 heterocycles. The number of hydrogen-bond acceptors (Lipinski definition) is 5. The van der Waals surface area contributed by atoms with Crippen LogP contribution in [0.4, 0.5) is 5.13 Å². The van der Waals surface area contributed by atoms with Gasteiger partial charge in [0.15, 0.2) is 0 Å². The number of nitrogens with zero attached hydrogens (tertiary/aromatic N) is 4. The lowest BCUT2D eigenvalue weighted by Gasteiger charge is -2.20. The van der Waals surface area contributed by atoms with E-state index in [1.54, 1.807) is 6.92 Å². The number of rotatable bonds is 2. The fraction of sp³-hybridized carbons (Fsp3) is 0.750. The topological polar surface area (TPSA) is 49.3 Å². The molecule has 1 aromatic heterocycles. The molecule has 1 aromatic rings. The number of carbonyl (C=O) groups excluding carboxylic acids is 1. The second-order valence-corrected chi connectivity index (χ2v) is 5.79. The third-order valence-electron chi connectivity index (χ3n) is 3.59. The summed E-state index contributed by atoms with van der Waals surface area (Å²) in [7, 11) is 0. The van der Waals surface area contributed by atoms with Crippen LogP contribution in [0.25, 0.3) is 0 Å². The maximum Gasteiger partial charge on any atom is 0.219 e. The van der Waals surface area contributed by atoms with Gasteiger partial charge >= 0.3 is 0 Å². The Morgan fingerprint density at radius 2 is 2.11 bits per heavy atom. The third kappa shape index (κ3) is 2.48. The van der Waals surface area contributed by atoms with Crippen LogP contribution in [0.15, 0.2) is 0 Å². The lowest BCUT2D eigenvalue weighted by molar-refractivity contribution is -0.128. The Labute approximate surface area is 111 Å². The van der Waals surface area contributed by atoms with Crippen molar-refractivity contribution in [2.45, 2.75) is 32.1 Å². The summed E-state index contributed by atoms with van der Waals surface area (Å²) in [5, 5.41) is 1.03. The first-order valence-corrected chi connectivity index (χ1v) is 7.35. The highest BCUT2D eigenvalue weighted by atomic mass is 32.1. The molecular weight excluding hydrogens is 248 g/mol. The number of hydrogen-bond donors (Lipinski definition) is 0. The summed E-state index contributed by atoms with van der Waals surface area (Å²) in [4.78, 5) is 20.2. The van der Waals surface area contributed by atoms with E-state index in [2.05, 4.69) is 14.3 Å². The normalized spacial score (nSPS) is 20.9. The number of aromatic nitrogens is 2. The number of anilines is 1. The van der Waals surface area contributed by atoms with Gasteiger partial charge in [-0.05, 0) is 19.3 Å². The molecule has 0 atom stereocenters. The van der Waals surface area contributed by atoms with Crippen LogP contribution < -0.4 is 4.90 Å². The molecule has 1 aliphatic heterocycles. The van der Waals surface area contributed by atoms with Gasteiger partial charge in [0.2, 0.25) is 11.0 Å². The third-order valence-corrected chi connectivity index (χ3v) is 4.38. The number of carbonyl (C=O) groups is 1. The van der Waals surface area contributed by atoms with E-state index in [0.717, 1.165) is 43.6 Å². The van der Waals surface area contributed by atoms with Crippen molar-refractivity contribution in [1.82, 2.24) is 14.3 Å². The van der Waals surface area contributed by atoms with Crippen LogP contribution in [0.5, 0.6) is 0 Å². The van der Waals surface area contributed by atoms with Crippen molar-refractivity contribution in [2.75, 3.05) is 31.1 Å². The Balaban J connectivity index is 1.66. The van der Waals surface area contributed by atoms with Gasteiger partial charge in [-0.3, -0.25) is 4.79 Å². The Morgan fingerprint density at radius 3 is 2.83 bits per heavy atom. The number of amides is 1. The lowest BCUT2D eigenvalue weighted by atomic mass is 10.4. The monoisotopic (exact) mass is 266 g/mol. The van der Waals surface area contributed by atoms with Crippen molar-refractivity contribution < 1.29 is 4.79 Å². The second-order valence-electron chi connectivity index (χ2n) is 5.06. The fourth-order valence-electron chi connectivity index (χ4n) is 2.29. The van der Waals surface area contributed by atoms with Gasteiger partial charge in [-0.15, -0.1) is 0 Å². The molecule has 5 nitrogen and oxygen atoms in total. The summed E-state index contributed by atoms with van der Waals surface area (Å²) in [6.07, 6.45) is 3.50. The largest absolute Gasteiger partial charge is 0.345 e. The van der Waals surface area contributed by atoms with Crippen molar-refractivity contribution in [3.05, 3.63) is 5.82 Å². The molecule has 3 rings (SSSR count). The first kappa shape index (κ1) is 11.9. The Morgan fingerprint density at radius 1 is 1.28 bits per heavy atom.